The van der Waals surface area contributed by atoms with Crippen LogP contribution in [0.4, 0.5) is 0 Å². The number of nitrogens with zero attached hydrogens (tertiary/aromatic N) is 3. The number of ether oxygens (including phenoxy) is 1. The van der Waals surface area contributed by atoms with Crippen LogP contribution >= 0.6 is 35.3 Å². The van der Waals surface area contributed by atoms with Crippen molar-refractivity contribution in [2.45, 2.75) is 32.9 Å². The van der Waals surface area contributed by atoms with Gasteiger partial charge in [0.15, 0.2) is 5.96 Å². The molecule has 3 N–H and O–H groups in total. The Morgan fingerprint density at radius 1 is 1.44 bits per heavy atom. The van der Waals surface area contributed by atoms with Crippen molar-refractivity contribution in [3.63, 3.8) is 0 Å². The van der Waals surface area contributed by atoms with Crippen molar-refractivity contribution in [2.24, 2.45) is 4.99 Å². The van der Waals surface area contributed by atoms with Crippen molar-refractivity contribution in [3.8, 4) is 0 Å². The zero-order valence-electron chi connectivity index (χ0n) is 15.2. The smallest absolute Gasteiger partial charge is 0.191 e. The van der Waals surface area contributed by atoms with Crippen molar-refractivity contribution in [1.82, 2.24) is 20.5 Å². The van der Waals surface area contributed by atoms with E-state index in [2.05, 4.69) is 25.5 Å². The normalized spacial score (nSPS) is 18.3. The molecule has 2 heterocycles. The molecular weight excluding hydrogens is 453 g/mol. The first kappa shape index (κ1) is 22.6. The lowest BCUT2D eigenvalue weighted by Gasteiger charge is -2.34. The summed E-state index contributed by atoms with van der Waals surface area (Å²) in [5, 5.41) is 17.1. The van der Waals surface area contributed by atoms with Gasteiger partial charge in [-0.1, -0.05) is 0 Å². The highest BCUT2D eigenvalue weighted by atomic mass is 127. The fourth-order valence-corrected chi connectivity index (χ4v) is 3.24. The lowest BCUT2D eigenvalue weighted by Crippen LogP contribution is -2.52. The van der Waals surface area contributed by atoms with Crippen LogP contribution < -0.4 is 10.6 Å². The molecule has 0 spiro atoms. The maximum absolute atomic E-state index is 10.6. The van der Waals surface area contributed by atoms with E-state index >= 15 is 0 Å². The molecule has 0 radical (unpaired) electrons. The maximum atomic E-state index is 10.6. The molecule has 2 rings (SSSR count). The second kappa shape index (κ2) is 11.3. The minimum Gasteiger partial charge on any atom is -0.387 e. The average Bonchev–Trinajstić information content (AvgIpc) is 2.96. The van der Waals surface area contributed by atoms with E-state index < -0.39 is 5.60 Å². The molecule has 9 heteroatoms. The molecule has 7 nitrogen and oxygen atoms in total. The molecule has 0 saturated carbocycles. The summed E-state index contributed by atoms with van der Waals surface area (Å²) in [5.41, 5.74) is 2.04. The number of halogens is 1. The summed E-state index contributed by atoms with van der Waals surface area (Å²) in [6, 6.07) is 0. The van der Waals surface area contributed by atoms with Crippen molar-refractivity contribution >= 4 is 41.3 Å². The van der Waals surface area contributed by atoms with Crippen molar-refractivity contribution in [1.29, 1.82) is 0 Å². The van der Waals surface area contributed by atoms with Gasteiger partial charge < -0.3 is 20.5 Å². The zero-order valence-corrected chi connectivity index (χ0v) is 18.4. The van der Waals surface area contributed by atoms with Crippen LogP contribution in [0.3, 0.4) is 0 Å². The van der Waals surface area contributed by atoms with Crippen LogP contribution in [0.2, 0.25) is 0 Å². The molecule has 0 aromatic carbocycles. The van der Waals surface area contributed by atoms with Gasteiger partial charge in [-0.15, -0.1) is 35.3 Å². The van der Waals surface area contributed by atoms with Gasteiger partial charge in [0.1, 0.15) is 0 Å². The number of β-amino-alcohol motifs (C(OH)–C–C–N with tert-alkyl or cyclic N) is 1. The maximum Gasteiger partial charge on any atom is 0.191 e. The largest absolute Gasteiger partial charge is 0.387 e. The van der Waals surface area contributed by atoms with Crippen molar-refractivity contribution < 1.29 is 9.84 Å². The summed E-state index contributed by atoms with van der Waals surface area (Å²) in [6.07, 6.45) is 0. The first-order valence-electron chi connectivity index (χ1n) is 8.44. The fraction of sp³-hybridized carbons (Fsp3) is 0.750. The molecule has 1 aromatic heterocycles. The second-order valence-corrected chi connectivity index (χ2v) is 7.23. The molecule has 1 aromatic rings. The van der Waals surface area contributed by atoms with Gasteiger partial charge in [-0.3, -0.25) is 4.90 Å². The first-order chi connectivity index (χ1) is 11.5. The molecule has 1 aliphatic rings. The molecule has 25 heavy (non-hydrogen) atoms. The van der Waals surface area contributed by atoms with E-state index in [1.54, 1.807) is 11.3 Å². The molecule has 1 unspecified atom stereocenters. The Kier molecular flexibility index (Phi) is 10.2. The standard InChI is InChI=1S/C16H29N5O2S.HI/c1-4-17-15(18-9-14-13(2)20-12-24-14)19-10-16(3,22)11-21-5-7-23-8-6-21;/h12,22H,4-11H2,1-3H3,(H2,17,18,19);1H. The van der Waals surface area contributed by atoms with E-state index in [9.17, 15) is 5.11 Å². The van der Waals surface area contributed by atoms with E-state index in [0.717, 1.165) is 43.4 Å². The topological polar surface area (TPSA) is 82.0 Å². The third kappa shape index (κ3) is 8.16. The quantitative estimate of drug-likeness (QED) is 0.307. The summed E-state index contributed by atoms with van der Waals surface area (Å²) in [7, 11) is 0. The van der Waals surface area contributed by atoms with Gasteiger partial charge in [0, 0.05) is 37.6 Å². The van der Waals surface area contributed by atoms with Crippen molar-refractivity contribution in [2.75, 3.05) is 45.9 Å². The number of aryl methyl sites for hydroxylation is 1. The number of aliphatic imine (C=N–C) groups is 1. The Morgan fingerprint density at radius 3 is 2.76 bits per heavy atom. The number of nitrogens with one attached hydrogen (secondary N) is 2. The highest BCUT2D eigenvalue weighted by Gasteiger charge is 2.25. The van der Waals surface area contributed by atoms with E-state index in [0.29, 0.717) is 25.6 Å². The molecule has 0 amide bonds. The first-order valence-corrected chi connectivity index (χ1v) is 9.32. The summed E-state index contributed by atoms with van der Waals surface area (Å²) in [6.45, 7) is 11.5. The fourth-order valence-electron chi connectivity index (χ4n) is 2.54. The van der Waals surface area contributed by atoms with Gasteiger partial charge >= 0.3 is 0 Å². The number of rotatable bonds is 7. The van der Waals surface area contributed by atoms with Gasteiger partial charge in [-0.2, -0.15) is 0 Å². The number of hydrogen-bond acceptors (Lipinski definition) is 6. The molecular formula is C16H30IN5O2S. The van der Waals surface area contributed by atoms with Crippen LogP contribution in [0.15, 0.2) is 10.5 Å². The van der Waals surface area contributed by atoms with Gasteiger partial charge in [-0.25, -0.2) is 9.98 Å². The second-order valence-electron chi connectivity index (χ2n) is 6.30. The lowest BCUT2D eigenvalue weighted by atomic mass is 10.1. The Bertz CT molecular complexity index is 532. The van der Waals surface area contributed by atoms with Crippen LogP contribution in [-0.4, -0.2) is 72.5 Å². The highest BCUT2D eigenvalue weighted by molar-refractivity contribution is 14.0. The number of morpholine rings is 1. The van der Waals surface area contributed by atoms with E-state index in [4.69, 9.17) is 4.74 Å². The number of hydrogen-bond donors (Lipinski definition) is 3. The highest BCUT2D eigenvalue weighted by Crippen LogP contribution is 2.13. The lowest BCUT2D eigenvalue weighted by molar-refractivity contribution is -0.0201. The van der Waals surface area contributed by atoms with E-state index in [1.165, 1.54) is 0 Å². The average molecular weight is 483 g/mol. The predicted molar refractivity (Wildman–Crippen MR) is 113 cm³/mol. The molecule has 1 aliphatic heterocycles. The number of aromatic nitrogens is 1. The minimum atomic E-state index is -0.825. The summed E-state index contributed by atoms with van der Waals surface area (Å²) in [4.78, 5) is 12.2. The number of thiazole rings is 1. The number of aliphatic hydroxyl groups is 1. The third-order valence-corrected chi connectivity index (χ3v) is 4.79. The molecule has 0 aliphatic carbocycles. The van der Waals surface area contributed by atoms with Crippen molar-refractivity contribution in [3.05, 3.63) is 16.1 Å². The summed E-state index contributed by atoms with van der Waals surface area (Å²) >= 11 is 1.61. The Hall–Kier alpha value is -0.490. The zero-order chi connectivity index (χ0) is 17.4. The summed E-state index contributed by atoms with van der Waals surface area (Å²) < 4.78 is 5.35. The van der Waals surface area contributed by atoms with Crippen LogP contribution in [0, 0.1) is 6.92 Å². The molecule has 144 valence electrons. The minimum absolute atomic E-state index is 0. The Balaban J connectivity index is 0.00000312. The Morgan fingerprint density at radius 2 is 2.16 bits per heavy atom. The molecule has 1 saturated heterocycles. The summed E-state index contributed by atoms with van der Waals surface area (Å²) in [5.74, 6) is 0.715. The SMILES string of the molecule is CCNC(=NCc1scnc1C)NCC(C)(O)CN1CCOCC1.I. The third-order valence-electron chi connectivity index (χ3n) is 3.87. The van der Waals surface area contributed by atoms with Crippen LogP contribution in [0.5, 0.6) is 0 Å². The van der Waals surface area contributed by atoms with Gasteiger partial charge in [-0.05, 0) is 20.8 Å². The molecule has 1 atom stereocenters. The number of guanidine groups is 1. The van der Waals surface area contributed by atoms with Gasteiger partial charge in [0.05, 0.1) is 36.6 Å². The van der Waals surface area contributed by atoms with Crippen LogP contribution in [-0.2, 0) is 11.3 Å². The van der Waals surface area contributed by atoms with Crippen LogP contribution in [0.1, 0.15) is 24.4 Å². The monoisotopic (exact) mass is 483 g/mol. The van der Waals surface area contributed by atoms with E-state index in [1.807, 2.05) is 26.3 Å². The Labute approximate surface area is 171 Å². The molecule has 1 fully saturated rings. The van der Waals surface area contributed by atoms with E-state index in [-0.39, 0.29) is 24.0 Å². The van der Waals surface area contributed by atoms with Gasteiger partial charge in [0.25, 0.3) is 0 Å². The predicted octanol–water partition coefficient (Wildman–Crippen LogP) is 1.21. The van der Waals surface area contributed by atoms with Gasteiger partial charge in [0.2, 0.25) is 0 Å². The molecule has 0 bridgehead atoms. The van der Waals surface area contributed by atoms with Crippen LogP contribution in [0.25, 0.3) is 0 Å².